The summed E-state index contributed by atoms with van der Waals surface area (Å²) in [4.78, 5) is 31.9. The number of carbonyl (C=O) groups excluding carboxylic acids is 1. The van der Waals surface area contributed by atoms with Crippen molar-refractivity contribution >= 4 is 16.8 Å². The van der Waals surface area contributed by atoms with E-state index in [4.69, 9.17) is 8.94 Å². The number of nitrogens with zero attached hydrogens (tertiary/aromatic N) is 4. The van der Waals surface area contributed by atoms with E-state index in [1.54, 1.807) is 40.1 Å². The largest absolute Gasteiger partial charge is 0.461 e. The molecule has 1 unspecified atom stereocenters. The van der Waals surface area contributed by atoms with Gasteiger partial charge in [-0.25, -0.2) is 4.98 Å². The highest BCUT2D eigenvalue weighted by Gasteiger charge is 2.28. The molecule has 8 heteroatoms. The van der Waals surface area contributed by atoms with E-state index >= 15 is 0 Å². The van der Waals surface area contributed by atoms with Crippen molar-refractivity contribution in [2.75, 3.05) is 13.1 Å². The highest BCUT2D eigenvalue weighted by molar-refractivity contribution is 5.93. The Hall–Kier alpha value is -3.68. The van der Waals surface area contributed by atoms with Gasteiger partial charge in [0.05, 0.1) is 29.5 Å². The average Bonchev–Trinajstić information content (AvgIpc) is 3.46. The lowest BCUT2D eigenvalue weighted by Gasteiger charge is -2.33. The molecule has 1 aliphatic heterocycles. The van der Waals surface area contributed by atoms with Crippen LogP contribution in [0.25, 0.3) is 22.4 Å². The second-order valence-corrected chi connectivity index (χ2v) is 7.08. The van der Waals surface area contributed by atoms with Gasteiger partial charge in [0.25, 0.3) is 11.5 Å². The molecule has 0 spiro atoms. The van der Waals surface area contributed by atoms with Crippen LogP contribution in [0.3, 0.4) is 0 Å². The number of rotatable bonds is 3. The summed E-state index contributed by atoms with van der Waals surface area (Å²) >= 11 is 0. The molecule has 1 saturated heterocycles. The fourth-order valence-corrected chi connectivity index (χ4v) is 3.78. The summed E-state index contributed by atoms with van der Waals surface area (Å²) in [5, 5.41) is 4.48. The Kier molecular flexibility index (Phi) is 4.23. The second-order valence-electron chi connectivity index (χ2n) is 7.08. The van der Waals surface area contributed by atoms with Gasteiger partial charge in [-0.3, -0.25) is 14.2 Å². The van der Waals surface area contributed by atoms with Gasteiger partial charge in [0.15, 0.2) is 11.5 Å². The minimum Gasteiger partial charge on any atom is -0.461 e. The van der Waals surface area contributed by atoms with Crippen LogP contribution in [0.5, 0.6) is 0 Å². The van der Waals surface area contributed by atoms with E-state index in [9.17, 15) is 9.59 Å². The number of piperidine rings is 1. The zero-order valence-electron chi connectivity index (χ0n) is 15.5. The summed E-state index contributed by atoms with van der Waals surface area (Å²) in [6, 6.07) is 12.2. The fourth-order valence-electron chi connectivity index (χ4n) is 3.78. The number of carbonyl (C=O) groups is 1. The number of fused-ring (bicyclic) bond motifs is 1. The van der Waals surface area contributed by atoms with Crippen molar-refractivity contribution in [1.29, 1.82) is 0 Å². The Morgan fingerprint density at radius 1 is 1.14 bits per heavy atom. The number of furan rings is 1. The van der Waals surface area contributed by atoms with Crippen molar-refractivity contribution in [3.8, 4) is 11.5 Å². The van der Waals surface area contributed by atoms with Gasteiger partial charge in [-0.2, -0.15) is 0 Å². The molecule has 0 radical (unpaired) electrons. The van der Waals surface area contributed by atoms with Crippen LogP contribution < -0.4 is 5.56 Å². The smallest absolute Gasteiger partial charge is 0.276 e. The van der Waals surface area contributed by atoms with E-state index in [-0.39, 0.29) is 23.2 Å². The zero-order chi connectivity index (χ0) is 19.8. The fraction of sp³-hybridized carbons (Fsp3) is 0.238. The Morgan fingerprint density at radius 3 is 2.90 bits per heavy atom. The number of aromatic nitrogens is 3. The van der Waals surface area contributed by atoms with E-state index < -0.39 is 0 Å². The number of amides is 1. The van der Waals surface area contributed by atoms with Gasteiger partial charge in [-0.15, -0.1) is 0 Å². The molecule has 0 N–H and O–H groups in total. The normalized spacial score (nSPS) is 17.0. The lowest BCUT2D eigenvalue weighted by molar-refractivity contribution is 0.0667. The maximum atomic E-state index is 12.9. The first kappa shape index (κ1) is 17.4. The van der Waals surface area contributed by atoms with Crippen LogP contribution >= 0.6 is 0 Å². The maximum Gasteiger partial charge on any atom is 0.276 e. The van der Waals surface area contributed by atoms with Crippen LogP contribution in [0, 0.1) is 0 Å². The van der Waals surface area contributed by atoms with Crippen molar-refractivity contribution in [3.63, 3.8) is 0 Å². The van der Waals surface area contributed by atoms with E-state index in [1.807, 2.05) is 18.2 Å². The van der Waals surface area contributed by atoms with E-state index in [1.165, 1.54) is 6.26 Å². The molecule has 1 amide bonds. The number of hydrogen-bond donors (Lipinski definition) is 0. The van der Waals surface area contributed by atoms with Gasteiger partial charge in [0.1, 0.15) is 0 Å². The second kappa shape index (κ2) is 7.05. The topological polar surface area (TPSA) is 94.4 Å². The van der Waals surface area contributed by atoms with Crippen LogP contribution in [0.15, 0.2) is 68.8 Å². The molecule has 1 atom stereocenters. The third kappa shape index (κ3) is 3.12. The molecule has 4 heterocycles. The van der Waals surface area contributed by atoms with E-state index in [0.29, 0.717) is 35.5 Å². The first-order chi connectivity index (χ1) is 14.2. The molecule has 8 nitrogen and oxygen atoms in total. The van der Waals surface area contributed by atoms with Crippen LogP contribution in [0.1, 0.15) is 29.4 Å². The summed E-state index contributed by atoms with van der Waals surface area (Å²) in [5.74, 6) is 0.696. The summed E-state index contributed by atoms with van der Waals surface area (Å²) in [6.07, 6.45) is 4.71. The first-order valence-corrected chi connectivity index (χ1v) is 9.46. The molecule has 0 aliphatic carbocycles. The molecule has 146 valence electrons. The van der Waals surface area contributed by atoms with Crippen molar-refractivity contribution < 1.29 is 13.7 Å². The van der Waals surface area contributed by atoms with E-state index in [2.05, 4.69) is 10.1 Å². The molecule has 0 saturated carbocycles. The third-order valence-corrected chi connectivity index (χ3v) is 5.26. The van der Waals surface area contributed by atoms with Crippen LogP contribution in [-0.2, 0) is 0 Å². The molecule has 29 heavy (non-hydrogen) atoms. The van der Waals surface area contributed by atoms with Crippen LogP contribution in [-0.4, -0.2) is 38.6 Å². The predicted molar refractivity (Wildman–Crippen MR) is 104 cm³/mol. The van der Waals surface area contributed by atoms with Gasteiger partial charge in [-0.1, -0.05) is 17.3 Å². The SMILES string of the molecule is O=C(c1cc(-c2ccco2)on1)N1CCCC(n2cnc3ccccc3c2=O)C1. The molecule has 1 fully saturated rings. The van der Waals surface area contributed by atoms with Crippen molar-refractivity contribution in [2.45, 2.75) is 18.9 Å². The monoisotopic (exact) mass is 390 g/mol. The van der Waals surface area contributed by atoms with Crippen molar-refractivity contribution in [1.82, 2.24) is 19.6 Å². The minimum absolute atomic E-state index is 0.0866. The molecule has 5 rings (SSSR count). The van der Waals surface area contributed by atoms with Crippen LogP contribution in [0.2, 0.25) is 0 Å². The minimum atomic E-state index is -0.224. The molecule has 1 aliphatic rings. The van der Waals surface area contributed by atoms with Crippen LogP contribution in [0.4, 0.5) is 0 Å². The highest BCUT2D eigenvalue weighted by atomic mass is 16.5. The number of para-hydroxylation sites is 1. The summed E-state index contributed by atoms with van der Waals surface area (Å²) in [6.45, 7) is 1.02. The standard InChI is InChI=1S/C21H18N4O4/c26-20-15-6-1-2-7-16(15)22-13-25(20)14-5-3-9-24(12-14)21(27)17-11-19(29-23-17)18-8-4-10-28-18/h1-2,4,6-8,10-11,13-14H,3,5,9,12H2. The molecular formula is C21H18N4O4. The van der Waals surface area contributed by atoms with Crippen molar-refractivity contribution in [2.24, 2.45) is 0 Å². The Balaban J connectivity index is 1.39. The Bertz CT molecular complexity index is 1220. The summed E-state index contributed by atoms with van der Waals surface area (Å²) in [5.41, 5.74) is 0.808. The Morgan fingerprint density at radius 2 is 2.03 bits per heavy atom. The van der Waals surface area contributed by atoms with Gasteiger partial charge < -0.3 is 13.8 Å². The van der Waals surface area contributed by atoms with Crippen molar-refractivity contribution in [3.05, 3.63) is 71.1 Å². The van der Waals surface area contributed by atoms with E-state index in [0.717, 1.165) is 12.8 Å². The number of hydrogen-bond acceptors (Lipinski definition) is 6. The number of likely N-dealkylation sites (tertiary alicyclic amines) is 1. The predicted octanol–water partition coefficient (Wildman–Crippen LogP) is 3.12. The molecule has 0 bridgehead atoms. The molecular weight excluding hydrogens is 372 g/mol. The molecule has 1 aromatic carbocycles. The van der Waals surface area contributed by atoms with Gasteiger partial charge in [0, 0.05) is 19.2 Å². The van der Waals surface area contributed by atoms with Gasteiger partial charge in [-0.05, 0) is 37.1 Å². The lowest BCUT2D eigenvalue weighted by Crippen LogP contribution is -2.43. The summed E-state index contributed by atoms with van der Waals surface area (Å²) < 4.78 is 12.2. The highest BCUT2D eigenvalue weighted by Crippen LogP contribution is 2.24. The third-order valence-electron chi connectivity index (χ3n) is 5.26. The quantitative estimate of drug-likeness (QED) is 0.533. The Labute approximate surface area is 165 Å². The zero-order valence-corrected chi connectivity index (χ0v) is 15.5. The maximum absolute atomic E-state index is 12.9. The summed E-state index contributed by atoms with van der Waals surface area (Å²) in [7, 11) is 0. The lowest BCUT2D eigenvalue weighted by atomic mass is 10.0. The average molecular weight is 390 g/mol. The number of benzene rings is 1. The molecule has 3 aromatic heterocycles. The van der Waals surface area contributed by atoms with Gasteiger partial charge in [0.2, 0.25) is 5.76 Å². The van der Waals surface area contributed by atoms with Gasteiger partial charge >= 0.3 is 0 Å². The molecule has 4 aromatic rings. The first-order valence-electron chi connectivity index (χ1n) is 9.46.